The van der Waals surface area contributed by atoms with E-state index in [0.717, 1.165) is 37.6 Å². The molecule has 4 heteroatoms. The number of hydrogen-bond donors (Lipinski definition) is 1. The van der Waals surface area contributed by atoms with E-state index in [1.54, 1.807) is 0 Å². The molecular formula is C20H27N3O. The van der Waals surface area contributed by atoms with E-state index in [1.165, 1.54) is 17.5 Å². The maximum Gasteiger partial charge on any atom is 0.119 e. The molecule has 0 radical (unpaired) electrons. The van der Waals surface area contributed by atoms with Gasteiger partial charge in [-0.15, -0.1) is 0 Å². The molecule has 3 rings (SSSR count). The lowest BCUT2D eigenvalue weighted by molar-refractivity contribution is 0.237. The first-order chi connectivity index (χ1) is 11.8. The molecule has 0 bridgehead atoms. The second-order valence-electron chi connectivity index (χ2n) is 6.30. The van der Waals surface area contributed by atoms with Crippen molar-refractivity contribution >= 4 is 0 Å². The zero-order valence-electron chi connectivity index (χ0n) is 14.7. The molecule has 2 heterocycles. The van der Waals surface area contributed by atoms with Crippen molar-refractivity contribution in [1.29, 1.82) is 0 Å². The summed E-state index contributed by atoms with van der Waals surface area (Å²) < 4.78 is 5.59. The lowest BCUT2D eigenvalue weighted by atomic mass is 10.0. The van der Waals surface area contributed by atoms with E-state index in [2.05, 4.69) is 53.5 Å². The largest absolute Gasteiger partial charge is 0.494 e. The van der Waals surface area contributed by atoms with E-state index in [1.807, 2.05) is 13.1 Å². The number of benzene rings is 1. The fourth-order valence-corrected chi connectivity index (χ4v) is 3.25. The molecule has 0 spiro atoms. The molecule has 1 aromatic heterocycles. The molecule has 1 N–H and O–H groups in total. The summed E-state index contributed by atoms with van der Waals surface area (Å²) in [4.78, 5) is 7.26. The summed E-state index contributed by atoms with van der Waals surface area (Å²) in [5.41, 5.74) is 3.59. The van der Waals surface area contributed by atoms with Crippen LogP contribution >= 0.6 is 0 Å². The van der Waals surface area contributed by atoms with Gasteiger partial charge in [0.2, 0.25) is 0 Å². The van der Waals surface area contributed by atoms with Gasteiger partial charge in [0, 0.05) is 25.8 Å². The van der Waals surface area contributed by atoms with Gasteiger partial charge in [-0.3, -0.25) is 9.88 Å². The highest BCUT2D eigenvalue weighted by molar-refractivity contribution is 5.34. The fourth-order valence-electron chi connectivity index (χ4n) is 3.25. The minimum atomic E-state index is 0.196. The van der Waals surface area contributed by atoms with Crippen LogP contribution in [-0.2, 0) is 0 Å². The number of aryl methyl sites for hydroxylation is 1. The number of ether oxygens (including phenoxy) is 1. The molecule has 1 aliphatic rings. The molecule has 128 valence electrons. The summed E-state index contributed by atoms with van der Waals surface area (Å²) in [6, 6.07) is 13.0. The standard InChI is InChI=1S/C20H27N3O/c1-3-24-18-8-6-17(7-9-18)20(19-10-5-16(2)15-22-19)23-13-4-11-21-12-14-23/h5-10,15,20-21H,3-4,11-14H2,1-2H3. The van der Waals surface area contributed by atoms with Gasteiger partial charge >= 0.3 is 0 Å². The van der Waals surface area contributed by atoms with E-state index in [-0.39, 0.29) is 6.04 Å². The summed E-state index contributed by atoms with van der Waals surface area (Å²) in [6.45, 7) is 9.02. The molecule has 24 heavy (non-hydrogen) atoms. The van der Waals surface area contributed by atoms with Crippen LogP contribution in [-0.4, -0.2) is 42.7 Å². The van der Waals surface area contributed by atoms with Crippen molar-refractivity contribution < 1.29 is 4.74 Å². The Morgan fingerprint density at radius 3 is 2.67 bits per heavy atom. The Labute approximate surface area is 144 Å². The van der Waals surface area contributed by atoms with Gasteiger partial charge in [-0.1, -0.05) is 18.2 Å². The van der Waals surface area contributed by atoms with E-state index >= 15 is 0 Å². The summed E-state index contributed by atoms with van der Waals surface area (Å²) in [7, 11) is 0. The summed E-state index contributed by atoms with van der Waals surface area (Å²) >= 11 is 0. The van der Waals surface area contributed by atoms with Crippen molar-refractivity contribution in [3.8, 4) is 5.75 Å². The number of hydrogen-bond acceptors (Lipinski definition) is 4. The first-order valence-corrected chi connectivity index (χ1v) is 8.88. The molecule has 0 amide bonds. The molecule has 0 saturated carbocycles. The smallest absolute Gasteiger partial charge is 0.119 e. The van der Waals surface area contributed by atoms with Crippen molar-refractivity contribution in [3.63, 3.8) is 0 Å². The first-order valence-electron chi connectivity index (χ1n) is 8.88. The van der Waals surface area contributed by atoms with Crippen LogP contribution in [0.2, 0.25) is 0 Å². The van der Waals surface area contributed by atoms with Crippen LogP contribution in [0.25, 0.3) is 0 Å². The highest BCUT2D eigenvalue weighted by Gasteiger charge is 2.24. The van der Waals surface area contributed by atoms with E-state index in [0.29, 0.717) is 6.61 Å². The highest BCUT2D eigenvalue weighted by atomic mass is 16.5. The minimum Gasteiger partial charge on any atom is -0.494 e. The molecular weight excluding hydrogens is 298 g/mol. The van der Waals surface area contributed by atoms with Gasteiger partial charge in [-0.2, -0.15) is 0 Å². The molecule has 4 nitrogen and oxygen atoms in total. The van der Waals surface area contributed by atoms with Crippen molar-refractivity contribution in [2.75, 3.05) is 32.8 Å². The van der Waals surface area contributed by atoms with Gasteiger partial charge in [0.15, 0.2) is 0 Å². The predicted molar refractivity (Wildman–Crippen MR) is 97.5 cm³/mol. The van der Waals surface area contributed by atoms with Crippen LogP contribution in [0.3, 0.4) is 0 Å². The number of pyridine rings is 1. The van der Waals surface area contributed by atoms with Crippen LogP contribution in [0.1, 0.15) is 36.2 Å². The Hall–Kier alpha value is -1.91. The molecule has 1 atom stereocenters. The molecule has 0 aliphatic carbocycles. The number of nitrogens with zero attached hydrogens (tertiary/aromatic N) is 2. The lowest BCUT2D eigenvalue weighted by Crippen LogP contribution is -2.33. The molecule has 2 aromatic rings. The summed E-state index contributed by atoms with van der Waals surface area (Å²) in [6.07, 6.45) is 3.13. The highest BCUT2D eigenvalue weighted by Crippen LogP contribution is 2.29. The third-order valence-electron chi connectivity index (χ3n) is 4.46. The van der Waals surface area contributed by atoms with Crippen LogP contribution in [0.4, 0.5) is 0 Å². The van der Waals surface area contributed by atoms with E-state index in [4.69, 9.17) is 9.72 Å². The average molecular weight is 325 g/mol. The van der Waals surface area contributed by atoms with Crippen LogP contribution in [0, 0.1) is 6.92 Å². The quantitative estimate of drug-likeness (QED) is 0.916. The molecule has 1 fully saturated rings. The van der Waals surface area contributed by atoms with Gasteiger partial charge in [0.05, 0.1) is 18.3 Å². The van der Waals surface area contributed by atoms with Gasteiger partial charge in [-0.25, -0.2) is 0 Å². The van der Waals surface area contributed by atoms with Crippen LogP contribution in [0.5, 0.6) is 5.75 Å². The van der Waals surface area contributed by atoms with Crippen molar-refractivity contribution in [1.82, 2.24) is 15.2 Å². The van der Waals surface area contributed by atoms with Crippen molar-refractivity contribution in [2.24, 2.45) is 0 Å². The lowest BCUT2D eigenvalue weighted by Gasteiger charge is -2.30. The van der Waals surface area contributed by atoms with Crippen LogP contribution in [0.15, 0.2) is 42.6 Å². The van der Waals surface area contributed by atoms with E-state index < -0.39 is 0 Å². The Morgan fingerprint density at radius 1 is 1.12 bits per heavy atom. The fraction of sp³-hybridized carbons (Fsp3) is 0.450. The predicted octanol–water partition coefficient (Wildman–Crippen LogP) is 3.17. The van der Waals surface area contributed by atoms with Crippen molar-refractivity contribution in [3.05, 3.63) is 59.4 Å². The maximum atomic E-state index is 5.59. The topological polar surface area (TPSA) is 37.4 Å². The number of nitrogens with one attached hydrogen (secondary N) is 1. The van der Waals surface area contributed by atoms with Gasteiger partial charge < -0.3 is 10.1 Å². The molecule has 1 aliphatic heterocycles. The third-order valence-corrected chi connectivity index (χ3v) is 4.46. The normalized spacial score (nSPS) is 17.2. The van der Waals surface area contributed by atoms with Crippen LogP contribution < -0.4 is 10.1 Å². The molecule has 1 saturated heterocycles. The monoisotopic (exact) mass is 325 g/mol. The zero-order chi connectivity index (χ0) is 16.8. The number of aromatic nitrogens is 1. The zero-order valence-corrected chi connectivity index (χ0v) is 14.7. The van der Waals surface area contributed by atoms with Gasteiger partial charge in [0.25, 0.3) is 0 Å². The second kappa shape index (κ2) is 8.27. The third kappa shape index (κ3) is 4.13. The number of rotatable bonds is 5. The average Bonchev–Trinajstić information content (AvgIpc) is 2.88. The SMILES string of the molecule is CCOc1ccc(C(c2ccc(C)cn2)N2CCCNCC2)cc1. The summed E-state index contributed by atoms with van der Waals surface area (Å²) in [5.74, 6) is 0.925. The molecule has 1 aromatic carbocycles. The maximum absolute atomic E-state index is 5.59. The Morgan fingerprint density at radius 2 is 1.96 bits per heavy atom. The first kappa shape index (κ1) is 16.9. The summed E-state index contributed by atoms with van der Waals surface area (Å²) in [5, 5.41) is 3.49. The van der Waals surface area contributed by atoms with E-state index in [9.17, 15) is 0 Å². The Kier molecular flexibility index (Phi) is 5.83. The van der Waals surface area contributed by atoms with Gasteiger partial charge in [-0.05, 0) is 56.1 Å². The second-order valence-corrected chi connectivity index (χ2v) is 6.30. The van der Waals surface area contributed by atoms with Crippen molar-refractivity contribution in [2.45, 2.75) is 26.3 Å². The Bertz CT molecular complexity index is 616. The Balaban J connectivity index is 1.92. The minimum absolute atomic E-state index is 0.196. The van der Waals surface area contributed by atoms with Gasteiger partial charge in [0.1, 0.15) is 5.75 Å². The molecule has 1 unspecified atom stereocenters.